The van der Waals surface area contributed by atoms with Gasteiger partial charge in [-0.15, -0.1) is 0 Å². The fourth-order valence-corrected chi connectivity index (χ4v) is 4.89. The lowest BCUT2D eigenvalue weighted by atomic mass is 9.83. The molecule has 0 aromatic carbocycles. The molecule has 0 aliphatic heterocycles. The van der Waals surface area contributed by atoms with Crippen LogP contribution in [0.5, 0.6) is 0 Å². The van der Waals surface area contributed by atoms with Crippen LogP contribution < -0.4 is 5.32 Å². The maximum absolute atomic E-state index is 13.2. The van der Waals surface area contributed by atoms with E-state index in [-0.39, 0.29) is 11.6 Å². The molecule has 1 saturated carbocycles. The number of anilines is 1. The van der Waals surface area contributed by atoms with Gasteiger partial charge in [0.1, 0.15) is 11.9 Å². The van der Waals surface area contributed by atoms with Crippen molar-refractivity contribution < 1.29 is 14.3 Å². The largest absolute Gasteiger partial charge is 0.444 e. The lowest BCUT2D eigenvalue weighted by molar-refractivity contribution is 0.0711. The number of carbonyl (C=O) groups excluding carboxylic acids is 1. The molecule has 1 aliphatic rings. The van der Waals surface area contributed by atoms with E-state index in [4.69, 9.17) is 9.40 Å². The molecule has 0 saturated heterocycles. The van der Waals surface area contributed by atoms with E-state index in [1.54, 1.807) is 6.20 Å². The summed E-state index contributed by atoms with van der Waals surface area (Å²) in [6, 6.07) is 5.79. The van der Waals surface area contributed by atoms with E-state index in [0.717, 1.165) is 46.7 Å². The summed E-state index contributed by atoms with van der Waals surface area (Å²) in [4.78, 5) is 26.6. The van der Waals surface area contributed by atoms with Crippen molar-refractivity contribution in [2.45, 2.75) is 77.2 Å². The molecule has 8 nitrogen and oxygen atoms in total. The van der Waals surface area contributed by atoms with Crippen LogP contribution in [0.3, 0.4) is 0 Å². The standard InChI is InChI=1S/C28H33N5O3/c1-18-13-20(10-12-29-18)27-32-24(17-36-27)26(34)31-23-16-33-15-21(9-11-28(2,3)35)30-25(33)14-22(23)19-7-5-4-6-8-19/h10,12-17,19,35H,4-9,11H2,1-3H3,(H,31,34). The zero-order chi connectivity index (χ0) is 25.3. The third-order valence-corrected chi connectivity index (χ3v) is 6.84. The third kappa shape index (κ3) is 5.49. The number of fused-ring (bicyclic) bond motifs is 1. The molecule has 8 heteroatoms. The van der Waals surface area contributed by atoms with E-state index in [0.29, 0.717) is 24.7 Å². The Labute approximate surface area is 210 Å². The first-order chi connectivity index (χ1) is 17.2. The molecule has 0 bridgehead atoms. The average molecular weight is 488 g/mol. The van der Waals surface area contributed by atoms with E-state index in [9.17, 15) is 9.90 Å². The Morgan fingerprint density at radius 3 is 2.75 bits per heavy atom. The number of rotatable bonds is 7. The molecule has 4 heterocycles. The number of nitrogens with one attached hydrogen (secondary N) is 1. The normalized spacial score (nSPS) is 14.9. The van der Waals surface area contributed by atoms with Gasteiger partial charge in [-0.05, 0) is 76.1 Å². The van der Waals surface area contributed by atoms with Crippen LogP contribution in [0, 0.1) is 6.92 Å². The minimum atomic E-state index is -0.742. The second-order valence-corrected chi connectivity index (χ2v) is 10.5. The molecule has 2 N–H and O–H groups in total. The first-order valence-corrected chi connectivity index (χ1v) is 12.7. The number of oxazole rings is 1. The minimum Gasteiger partial charge on any atom is -0.444 e. The van der Waals surface area contributed by atoms with Crippen molar-refractivity contribution in [1.82, 2.24) is 19.4 Å². The van der Waals surface area contributed by atoms with Crippen LogP contribution in [0.4, 0.5) is 5.69 Å². The Bertz CT molecular complexity index is 1380. The molecule has 0 unspecified atom stereocenters. The average Bonchev–Trinajstić information content (AvgIpc) is 3.50. The summed E-state index contributed by atoms with van der Waals surface area (Å²) >= 11 is 0. The van der Waals surface area contributed by atoms with Gasteiger partial charge in [-0.25, -0.2) is 9.97 Å². The molecule has 1 amide bonds. The Hall–Kier alpha value is -3.52. The molecule has 0 radical (unpaired) electrons. The second-order valence-electron chi connectivity index (χ2n) is 10.5. The number of carbonyl (C=O) groups is 1. The highest BCUT2D eigenvalue weighted by atomic mass is 16.3. The van der Waals surface area contributed by atoms with E-state index in [1.165, 1.54) is 25.5 Å². The van der Waals surface area contributed by atoms with E-state index < -0.39 is 5.60 Å². The molecule has 5 rings (SSSR count). The number of aliphatic hydroxyl groups is 1. The molecule has 0 atom stereocenters. The molecule has 4 aromatic heterocycles. The molecular formula is C28H33N5O3. The monoisotopic (exact) mass is 487 g/mol. The third-order valence-electron chi connectivity index (χ3n) is 6.84. The Kier molecular flexibility index (Phi) is 6.62. The SMILES string of the molecule is Cc1cc(-c2nc(C(=O)Nc3cn4cc(CCC(C)(C)O)nc4cc3C3CCCCC3)co2)ccn1. The zero-order valence-electron chi connectivity index (χ0n) is 21.1. The lowest BCUT2D eigenvalue weighted by Crippen LogP contribution is -2.19. The maximum atomic E-state index is 13.2. The number of nitrogens with zero attached hydrogens (tertiary/aromatic N) is 4. The van der Waals surface area contributed by atoms with Gasteiger partial charge in [0.05, 0.1) is 17.0 Å². The van der Waals surface area contributed by atoms with Gasteiger partial charge < -0.3 is 19.2 Å². The van der Waals surface area contributed by atoms with Crippen molar-refractivity contribution in [1.29, 1.82) is 0 Å². The molecule has 1 aliphatic carbocycles. The van der Waals surface area contributed by atoms with Crippen LogP contribution in [0.1, 0.15) is 85.7 Å². The number of hydrogen-bond acceptors (Lipinski definition) is 6. The lowest BCUT2D eigenvalue weighted by Gasteiger charge is -2.24. The van der Waals surface area contributed by atoms with Crippen LogP contribution in [0.25, 0.3) is 17.1 Å². The van der Waals surface area contributed by atoms with Crippen molar-refractivity contribution >= 4 is 17.2 Å². The van der Waals surface area contributed by atoms with Crippen molar-refractivity contribution in [2.24, 2.45) is 0 Å². The summed E-state index contributed by atoms with van der Waals surface area (Å²) in [6.45, 7) is 5.51. The fraction of sp³-hybridized carbons (Fsp3) is 0.429. The maximum Gasteiger partial charge on any atom is 0.277 e. The van der Waals surface area contributed by atoms with E-state index in [1.807, 2.05) is 49.7 Å². The zero-order valence-corrected chi connectivity index (χ0v) is 21.1. The molecule has 4 aromatic rings. The Morgan fingerprint density at radius 2 is 2.00 bits per heavy atom. The van der Waals surface area contributed by atoms with Crippen molar-refractivity contribution in [3.63, 3.8) is 0 Å². The van der Waals surface area contributed by atoms with Gasteiger partial charge in [-0.3, -0.25) is 9.78 Å². The van der Waals surface area contributed by atoms with Gasteiger partial charge in [0.25, 0.3) is 5.91 Å². The highest BCUT2D eigenvalue weighted by Crippen LogP contribution is 2.37. The highest BCUT2D eigenvalue weighted by Gasteiger charge is 2.23. The first kappa shape index (κ1) is 24.2. The number of hydrogen-bond donors (Lipinski definition) is 2. The number of aryl methyl sites for hydroxylation is 2. The molecule has 1 fully saturated rings. The molecule has 0 spiro atoms. The highest BCUT2D eigenvalue weighted by molar-refractivity contribution is 6.03. The molecule has 36 heavy (non-hydrogen) atoms. The van der Waals surface area contributed by atoms with Gasteiger partial charge >= 0.3 is 0 Å². The van der Waals surface area contributed by atoms with Crippen molar-refractivity contribution in [3.05, 3.63) is 65.7 Å². The summed E-state index contributed by atoms with van der Waals surface area (Å²) in [5, 5.41) is 13.2. The van der Waals surface area contributed by atoms with Gasteiger partial charge in [0, 0.05) is 29.8 Å². The number of pyridine rings is 2. The second kappa shape index (κ2) is 9.85. The smallest absolute Gasteiger partial charge is 0.277 e. The van der Waals surface area contributed by atoms with Crippen molar-refractivity contribution in [2.75, 3.05) is 5.32 Å². The van der Waals surface area contributed by atoms with E-state index in [2.05, 4.69) is 21.4 Å². The summed E-state index contributed by atoms with van der Waals surface area (Å²) in [7, 11) is 0. The minimum absolute atomic E-state index is 0.227. The van der Waals surface area contributed by atoms with E-state index >= 15 is 0 Å². The summed E-state index contributed by atoms with van der Waals surface area (Å²) in [5.41, 5.74) is 4.78. The van der Waals surface area contributed by atoms with Gasteiger partial charge in [0.2, 0.25) is 5.89 Å². The van der Waals surface area contributed by atoms with Gasteiger partial charge in [-0.1, -0.05) is 19.3 Å². The van der Waals surface area contributed by atoms with Gasteiger partial charge in [0.15, 0.2) is 5.69 Å². The Balaban J connectivity index is 1.44. The predicted octanol–water partition coefficient (Wildman–Crippen LogP) is 5.70. The summed E-state index contributed by atoms with van der Waals surface area (Å²) in [5.74, 6) is 0.456. The van der Waals surface area contributed by atoms with Crippen molar-refractivity contribution in [3.8, 4) is 11.5 Å². The van der Waals surface area contributed by atoms with Crippen LogP contribution in [-0.2, 0) is 6.42 Å². The van der Waals surface area contributed by atoms with Crippen LogP contribution in [0.2, 0.25) is 0 Å². The quantitative estimate of drug-likeness (QED) is 0.347. The molecular weight excluding hydrogens is 454 g/mol. The number of aromatic nitrogens is 4. The number of amides is 1. The predicted molar refractivity (Wildman–Crippen MR) is 138 cm³/mol. The molecule has 188 valence electrons. The first-order valence-electron chi connectivity index (χ1n) is 12.7. The summed E-state index contributed by atoms with van der Waals surface area (Å²) < 4.78 is 7.56. The van der Waals surface area contributed by atoms with Crippen LogP contribution in [-0.4, -0.2) is 36.0 Å². The van der Waals surface area contributed by atoms with Crippen LogP contribution >= 0.6 is 0 Å². The number of imidazole rings is 1. The fourth-order valence-electron chi connectivity index (χ4n) is 4.89. The topological polar surface area (TPSA) is 106 Å². The van der Waals surface area contributed by atoms with Crippen LogP contribution in [0.15, 0.2) is 47.5 Å². The summed E-state index contributed by atoms with van der Waals surface area (Å²) in [6.07, 6.45) is 14.1. The van der Waals surface area contributed by atoms with Gasteiger partial charge in [-0.2, -0.15) is 0 Å². The Morgan fingerprint density at radius 1 is 1.19 bits per heavy atom.